The Morgan fingerprint density at radius 1 is 1.42 bits per heavy atom. The smallest absolute Gasteiger partial charge is 0.0611 e. The van der Waals surface area contributed by atoms with Gasteiger partial charge in [-0.15, -0.1) is 0 Å². The van der Waals surface area contributed by atoms with E-state index >= 15 is 0 Å². The molecule has 2 aliphatic carbocycles. The lowest BCUT2D eigenvalue weighted by molar-refractivity contribution is 0.198. The Bertz CT molecular complexity index is 474. The molecule has 3 nitrogen and oxygen atoms in total. The van der Waals surface area contributed by atoms with Crippen LogP contribution in [0.15, 0.2) is 12.1 Å². The summed E-state index contributed by atoms with van der Waals surface area (Å²) in [6.07, 6.45) is 6.37. The van der Waals surface area contributed by atoms with Gasteiger partial charge in [0.1, 0.15) is 0 Å². The van der Waals surface area contributed by atoms with Gasteiger partial charge in [0.2, 0.25) is 0 Å². The SMILES string of the molecule is C[C@H]1CCc2nc(C3CCC(N)(CO)C3)ccc2C1. The van der Waals surface area contributed by atoms with E-state index in [9.17, 15) is 5.11 Å². The standard InChI is InChI=1S/C16H24N2O/c1-11-2-4-14-12(8-11)3-5-15(18-14)13-6-7-16(17,9-13)10-19/h3,5,11,13,19H,2,4,6-10,17H2,1H3/t11-,13?,16?/m0/s1. The molecule has 3 rings (SSSR count). The molecule has 0 bridgehead atoms. The predicted molar refractivity (Wildman–Crippen MR) is 76.0 cm³/mol. The van der Waals surface area contributed by atoms with E-state index in [2.05, 4.69) is 19.1 Å². The summed E-state index contributed by atoms with van der Waals surface area (Å²) in [4.78, 5) is 4.89. The second kappa shape index (κ2) is 4.88. The molecule has 19 heavy (non-hydrogen) atoms. The van der Waals surface area contributed by atoms with Crippen molar-refractivity contribution in [3.05, 3.63) is 29.1 Å². The fraction of sp³-hybridized carbons (Fsp3) is 0.688. The minimum Gasteiger partial charge on any atom is -0.394 e. The molecule has 0 aliphatic heterocycles. The van der Waals surface area contributed by atoms with Gasteiger partial charge in [-0.2, -0.15) is 0 Å². The molecular weight excluding hydrogens is 236 g/mol. The third kappa shape index (κ3) is 2.54. The summed E-state index contributed by atoms with van der Waals surface area (Å²) in [5, 5.41) is 9.37. The van der Waals surface area contributed by atoms with Crippen LogP contribution in [0.25, 0.3) is 0 Å². The molecule has 0 radical (unpaired) electrons. The zero-order valence-electron chi connectivity index (χ0n) is 11.7. The quantitative estimate of drug-likeness (QED) is 0.856. The number of aliphatic hydroxyl groups is 1. The molecule has 1 heterocycles. The van der Waals surface area contributed by atoms with Crippen molar-refractivity contribution >= 4 is 0 Å². The molecule has 1 fully saturated rings. The second-order valence-corrected chi connectivity index (χ2v) is 6.65. The van der Waals surface area contributed by atoms with Crippen molar-refractivity contribution in [1.29, 1.82) is 0 Å². The van der Waals surface area contributed by atoms with Gasteiger partial charge in [-0.25, -0.2) is 0 Å². The molecule has 0 aromatic carbocycles. The molecule has 1 aromatic heterocycles. The summed E-state index contributed by atoms with van der Waals surface area (Å²) in [7, 11) is 0. The van der Waals surface area contributed by atoms with Crippen LogP contribution in [0, 0.1) is 5.92 Å². The highest BCUT2D eigenvalue weighted by molar-refractivity contribution is 5.28. The maximum atomic E-state index is 9.37. The second-order valence-electron chi connectivity index (χ2n) is 6.65. The minimum absolute atomic E-state index is 0.0892. The first-order valence-corrected chi connectivity index (χ1v) is 7.48. The molecule has 2 unspecified atom stereocenters. The van der Waals surface area contributed by atoms with Crippen molar-refractivity contribution in [2.45, 2.75) is 56.9 Å². The number of pyridine rings is 1. The van der Waals surface area contributed by atoms with E-state index in [4.69, 9.17) is 10.7 Å². The molecule has 104 valence electrons. The molecule has 0 amide bonds. The van der Waals surface area contributed by atoms with Gasteiger partial charge in [0, 0.05) is 22.8 Å². The molecule has 1 saturated carbocycles. The van der Waals surface area contributed by atoms with Gasteiger partial charge in [0.05, 0.1) is 6.61 Å². The predicted octanol–water partition coefficient (Wildman–Crippen LogP) is 2.16. The summed E-state index contributed by atoms with van der Waals surface area (Å²) >= 11 is 0. The first kappa shape index (κ1) is 13.1. The first-order valence-electron chi connectivity index (χ1n) is 7.48. The fourth-order valence-corrected chi connectivity index (χ4v) is 3.59. The largest absolute Gasteiger partial charge is 0.394 e. The molecule has 3 heteroatoms. The van der Waals surface area contributed by atoms with E-state index in [1.807, 2.05) is 0 Å². The van der Waals surface area contributed by atoms with Crippen molar-refractivity contribution in [3.8, 4) is 0 Å². The number of rotatable bonds is 2. The van der Waals surface area contributed by atoms with Crippen molar-refractivity contribution in [2.24, 2.45) is 11.7 Å². The van der Waals surface area contributed by atoms with Crippen LogP contribution in [-0.2, 0) is 12.8 Å². The van der Waals surface area contributed by atoms with Gasteiger partial charge in [-0.1, -0.05) is 13.0 Å². The van der Waals surface area contributed by atoms with Crippen LogP contribution >= 0.6 is 0 Å². The highest BCUT2D eigenvalue weighted by Gasteiger charge is 2.36. The molecule has 0 saturated heterocycles. The Hall–Kier alpha value is -0.930. The highest BCUT2D eigenvalue weighted by atomic mass is 16.3. The average Bonchev–Trinajstić information content (AvgIpc) is 2.82. The normalized spacial score (nSPS) is 34.3. The van der Waals surface area contributed by atoms with Crippen molar-refractivity contribution in [3.63, 3.8) is 0 Å². The zero-order chi connectivity index (χ0) is 13.5. The number of aliphatic hydroxyl groups excluding tert-OH is 1. The van der Waals surface area contributed by atoms with Gasteiger partial charge >= 0.3 is 0 Å². The molecular formula is C16H24N2O. The Morgan fingerprint density at radius 2 is 2.26 bits per heavy atom. The molecule has 0 spiro atoms. The zero-order valence-corrected chi connectivity index (χ0v) is 11.7. The molecule has 2 aliphatic rings. The van der Waals surface area contributed by atoms with Crippen molar-refractivity contribution in [1.82, 2.24) is 4.98 Å². The van der Waals surface area contributed by atoms with E-state index < -0.39 is 0 Å². The summed E-state index contributed by atoms with van der Waals surface area (Å²) in [6.45, 7) is 2.41. The lowest BCUT2D eigenvalue weighted by Crippen LogP contribution is -2.40. The van der Waals surface area contributed by atoms with Crippen LogP contribution in [0.5, 0.6) is 0 Å². The van der Waals surface area contributed by atoms with Gasteiger partial charge in [0.15, 0.2) is 0 Å². The summed E-state index contributed by atoms with van der Waals surface area (Å²) < 4.78 is 0. The van der Waals surface area contributed by atoms with E-state index in [-0.39, 0.29) is 12.1 Å². The van der Waals surface area contributed by atoms with Crippen molar-refractivity contribution in [2.75, 3.05) is 6.61 Å². The maximum Gasteiger partial charge on any atom is 0.0611 e. The van der Waals surface area contributed by atoms with Crippen LogP contribution in [0.1, 0.15) is 55.5 Å². The third-order valence-corrected chi connectivity index (χ3v) is 4.91. The summed E-state index contributed by atoms with van der Waals surface area (Å²) in [5.41, 5.74) is 9.71. The number of aryl methyl sites for hydroxylation is 1. The number of hydrogen-bond acceptors (Lipinski definition) is 3. The summed E-state index contributed by atoms with van der Waals surface area (Å²) in [6, 6.07) is 4.45. The average molecular weight is 260 g/mol. The van der Waals surface area contributed by atoms with Crippen LogP contribution in [0.3, 0.4) is 0 Å². The summed E-state index contributed by atoms with van der Waals surface area (Å²) in [5.74, 6) is 1.22. The fourth-order valence-electron chi connectivity index (χ4n) is 3.59. The van der Waals surface area contributed by atoms with Crippen molar-refractivity contribution < 1.29 is 5.11 Å². The van der Waals surface area contributed by atoms with Gasteiger partial charge in [-0.3, -0.25) is 4.98 Å². The van der Waals surface area contributed by atoms with E-state index in [1.54, 1.807) is 0 Å². The number of hydrogen-bond donors (Lipinski definition) is 2. The lowest BCUT2D eigenvalue weighted by atomic mass is 9.87. The van der Waals surface area contributed by atoms with E-state index in [0.717, 1.165) is 31.6 Å². The van der Waals surface area contributed by atoms with Crippen LogP contribution in [0.2, 0.25) is 0 Å². The number of nitrogens with two attached hydrogens (primary N) is 1. The number of fused-ring (bicyclic) bond motifs is 1. The first-order chi connectivity index (χ1) is 9.09. The Morgan fingerprint density at radius 3 is 3.00 bits per heavy atom. The Balaban J connectivity index is 1.80. The minimum atomic E-state index is -0.378. The topological polar surface area (TPSA) is 59.1 Å². The van der Waals surface area contributed by atoms with E-state index in [0.29, 0.717) is 5.92 Å². The van der Waals surface area contributed by atoms with Gasteiger partial charge < -0.3 is 10.8 Å². The Labute approximate surface area is 115 Å². The van der Waals surface area contributed by atoms with Crippen LogP contribution in [-0.4, -0.2) is 22.2 Å². The molecule has 3 N–H and O–H groups in total. The van der Waals surface area contributed by atoms with Gasteiger partial charge in [-0.05, 0) is 56.1 Å². The lowest BCUT2D eigenvalue weighted by Gasteiger charge is -2.23. The third-order valence-electron chi connectivity index (χ3n) is 4.91. The number of nitrogens with zero attached hydrogens (tertiary/aromatic N) is 1. The molecule has 1 aromatic rings. The van der Waals surface area contributed by atoms with Gasteiger partial charge in [0.25, 0.3) is 0 Å². The number of aromatic nitrogens is 1. The van der Waals surface area contributed by atoms with Crippen LogP contribution in [0.4, 0.5) is 0 Å². The molecule has 3 atom stereocenters. The maximum absolute atomic E-state index is 9.37. The monoisotopic (exact) mass is 260 g/mol. The highest BCUT2D eigenvalue weighted by Crippen LogP contribution is 2.39. The Kier molecular flexibility index (Phi) is 3.35. The van der Waals surface area contributed by atoms with E-state index in [1.165, 1.54) is 29.8 Å². The van der Waals surface area contributed by atoms with Crippen LogP contribution < -0.4 is 5.73 Å².